The number of nitrogens with zero attached hydrogens (tertiary/aromatic N) is 1. The topological polar surface area (TPSA) is 73.6 Å². The van der Waals surface area contributed by atoms with Gasteiger partial charge in [-0.1, -0.05) is 0 Å². The molecule has 1 saturated heterocycles. The molecule has 1 N–H and O–H groups in total. The molecule has 104 valence electrons. The molecule has 0 bridgehead atoms. The van der Waals surface area contributed by atoms with Gasteiger partial charge in [0.25, 0.3) is 0 Å². The lowest BCUT2D eigenvalue weighted by molar-refractivity contribution is -0.386. The first-order chi connectivity index (χ1) is 9.09. The van der Waals surface area contributed by atoms with Gasteiger partial charge in [-0.3, -0.25) is 10.1 Å². The minimum absolute atomic E-state index is 0.0891. The molecular weight excluding hydrogens is 262 g/mol. The monoisotopic (exact) mass is 274 g/mol. The maximum absolute atomic E-state index is 13.5. The number of hydrogen-bond donors (Lipinski definition) is 1. The third-order valence-electron chi connectivity index (χ3n) is 2.64. The number of nitro benzene ring substituents is 1. The van der Waals surface area contributed by atoms with Crippen LogP contribution in [0.3, 0.4) is 0 Å². The highest BCUT2D eigenvalue weighted by Crippen LogP contribution is 2.31. The number of halogens is 2. The van der Waals surface area contributed by atoms with Gasteiger partial charge in [-0.25, -0.2) is 4.39 Å². The molecule has 6 nitrogen and oxygen atoms in total. The van der Waals surface area contributed by atoms with E-state index in [-0.39, 0.29) is 12.7 Å². The SMILES string of the molecule is O=[N+]([O-])c1ccc(F)c(F)c1OCC1CNCCO1. The van der Waals surface area contributed by atoms with E-state index in [1.54, 1.807) is 0 Å². The van der Waals surface area contributed by atoms with E-state index in [1.165, 1.54) is 0 Å². The van der Waals surface area contributed by atoms with Crippen molar-refractivity contribution in [3.8, 4) is 5.75 Å². The normalized spacial score (nSPS) is 19.2. The van der Waals surface area contributed by atoms with Crippen molar-refractivity contribution in [1.82, 2.24) is 5.32 Å². The predicted molar refractivity (Wildman–Crippen MR) is 61.1 cm³/mol. The summed E-state index contributed by atoms with van der Waals surface area (Å²) in [6, 6.07) is 1.56. The van der Waals surface area contributed by atoms with Crippen LogP contribution in [0.5, 0.6) is 5.75 Å². The van der Waals surface area contributed by atoms with Crippen LogP contribution >= 0.6 is 0 Å². The lowest BCUT2D eigenvalue weighted by atomic mass is 10.2. The Labute approximate surface area is 107 Å². The summed E-state index contributed by atoms with van der Waals surface area (Å²) in [5.41, 5.74) is -0.609. The van der Waals surface area contributed by atoms with Crippen molar-refractivity contribution in [3.05, 3.63) is 33.9 Å². The Morgan fingerprint density at radius 2 is 2.32 bits per heavy atom. The lowest BCUT2D eigenvalue weighted by Gasteiger charge is -2.23. The third kappa shape index (κ3) is 3.15. The van der Waals surface area contributed by atoms with Gasteiger partial charge in [-0.05, 0) is 6.07 Å². The zero-order valence-electron chi connectivity index (χ0n) is 9.90. The Balaban J connectivity index is 2.13. The van der Waals surface area contributed by atoms with Crippen LogP contribution in [0.4, 0.5) is 14.5 Å². The third-order valence-corrected chi connectivity index (χ3v) is 2.64. The van der Waals surface area contributed by atoms with Gasteiger partial charge < -0.3 is 14.8 Å². The quantitative estimate of drug-likeness (QED) is 0.660. The standard InChI is InChI=1S/C11H12F2N2O4/c12-8-1-2-9(15(16)17)11(10(8)13)19-6-7-5-14-3-4-18-7/h1-2,7,14H,3-6H2. The first-order valence-corrected chi connectivity index (χ1v) is 5.67. The van der Waals surface area contributed by atoms with Gasteiger partial charge in [0.1, 0.15) is 12.7 Å². The summed E-state index contributed by atoms with van der Waals surface area (Å²) in [5.74, 6) is -3.25. The molecule has 0 amide bonds. The summed E-state index contributed by atoms with van der Waals surface area (Å²) in [5, 5.41) is 13.8. The summed E-state index contributed by atoms with van der Waals surface area (Å²) in [4.78, 5) is 9.91. The van der Waals surface area contributed by atoms with Crippen LogP contribution in [0.1, 0.15) is 0 Å². The van der Waals surface area contributed by atoms with Gasteiger partial charge in [0.05, 0.1) is 11.5 Å². The average Bonchev–Trinajstić information content (AvgIpc) is 2.41. The number of rotatable bonds is 4. The van der Waals surface area contributed by atoms with Gasteiger partial charge in [-0.15, -0.1) is 0 Å². The number of morpholine rings is 1. The number of ether oxygens (including phenoxy) is 2. The maximum atomic E-state index is 13.5. The maximum Gasteiger partial charge on any atom is 0.314 e. The van der Waals surface area contributed by atoms with Gasteiger partial charge in [0.15, 0.2) is 5.82 Å². The van der Waals surface area contributed by atoms with Gasteiger partial charge in [0.2, 0.25) is 11.6 Å². The molecule has 0 spiro atoms. The van der Waals surface area contributed by atoms with Crippen molar-refractivity contribution in [2.24, 2.45) is 0 Å². The molecule has 1 aliphatic heterocycles. The van der Waals surface area contributed by atoms with E-state index < -0.39 is 28.0 Å². The molecule has 0 radical (unpaired) electrons. The first kappa shape index (κ1) is 13.6. The molecule has 1 unspecified atom stereocenters. The van der Waals surface area contributed by atoms with Crippen molar-refractivity contribution in [1.29, 1.82) is 0 Å². The zero-order chi connectivity index (χ0) is 13.8. The predicted octanol–water partition coefficient (Wildman–Crippen LogP) is 1.24. The molecule has 2 rings (SSSR count). The van der Waals surface area contributed by atoms with Crippen LogP contribution in [0, 0.1) is 21.7 Å². The van der Waals surface area contributed by atoms with Crippen molar-refractivity contribution >= 4 is 5.69 Å². The average molecular weight is 274 g/mol. The highest BCUT2D eigenvalue weighted by atomic mass is 19.2. The summed E-state index contributed by atoms with van der Waals surface area (Å²) < 4.78 is 36.9. The zero-order valence-corrected chi connectivity index (χ0v) is 9.90. The molecule has 1 aromatic rings. The molecule has 1 fully saturated rings. The molecule has 0 aromatic heterocycles. The molecule has 1 aliphatic rings. The molecule has 1 aromatic carbocycles. The fourth-order valence-electron chi connectivity index (χ4n) is 1.71. The van der Waals surface area contributed by atoms with Crippen LogP contribution in [0.2, 0.25) is 0 Å². The van der Waals surface area contributed by atoms with Gasteiger partial charge >= 0.3 is 5.69 Å². The Bertz CT molecular complexity index is 478. The molecule has 1 atom stereocenters. The van der Waals surface area contributed by atoms with E-state index in [2.05, 4.69) is 5.32 Å². The van der Waals surface area contributed by atoms with E-state index in [1.807, 2.05) is 0 Å². The van der Waals surface area contributed by atoms with Crippen molar-refractivity contribution in [2.75, 3.05) is 26.3 Å². The molecule has 8 heteroatoms. The Morgan fingerprint density at radius 3 is 2.95 bits per heavy atom. The molecule has 0 aliphatic carbocycles. The van der Waals surface area contributed by atoms with Crippen LogP contribution in [-0.2, 0) is 4.74 Å². The summed E-state index contributed by atoms with van der Waals surface area (Å²) >= 11 is 0. The van der Waals surface area contributed by atoms with Crippen molar-refractivity contribution < 1.29 is 23.2 Å². The minimum atomic E-state index is -1.36. The Morgan fingerprint density at radius 1 is 1.53 bits per heavy atom. The van der Waals surface area contributed by atoms with Crippen LogP contribution in [0.15, 0.2) is 12.1 Å². The van der Waals surface area contributed by atoms with E-state index >= 15 is 0 Å². The first-order valence-electron chi connectivity index (χ1n) is 5.67. The molecular formula is C11H12F2N2O4. The van der Waals surface area contributed by atoms with E-state index in [9.17, 15) is 18.9 Å². The van der Waals surface area contributed by atoms with E-state index in [0.29, 0.717) is 25.8 Å². The number of nitro groups is 1. The summed E-state index contributed by atoms with van der Waals surface area (Å²) in [7, 11) is 0. The second-order valence-electron chi connectivity index (χ2n) is 3.97. The van der Waals surface area contributed by atoms with Crippen molar-refractivity contribution in [3.63, 3.8) is 0 Å². The molecule has 0 saturated carbocycles. The molecule has 19 heavy (non-hydrogen) atoms. The fourth-order valence-corrected chi connectivity index (χ4v) is 1.71. The van der Waals surface area contributed by atoms with Crippen LogP contribution < -0.4 is 10.1 Å². The highest BCUT2D eigenvalue weighted by molar-refractivity contribution is 5.47. The highest BCUT2D eigenvalue weighted by Gasteiger charge is 2.25. The number of benzene rings is 1. The fraction of sp³-hybridized carbons (Fsp3) is 0.455. The number of hydrogen-bond acceptors (Lipinski definition) is 5. The van der Waals surface area contributed by atoms with E-state index in [0.717, 1.165) is 6.07 Å². The minimum Gasteiger partial charge on any atom is -0.482 e. The van der Waals surface area contributed by atoms with Crippen LogP contribution in [0.25, 0.3) is 0 Å². The molecule has 1 heterocycles. The van der Waals surface area contributed by atoms with Crippen molar-refractivity contribution in [2.45, 2.75) is 6.10 Å². The smallest absolute Gasteiger partial charge is 0.314 e. The van der Waals surface area contributed by atoms with Gasteiger partial charge in [-0.2, -0.15) is 4.39 Å². The Hall–Kier alpha value is -1.80. The van der Waals surface area contributed by atoms with Gasteiger partial charge in [0, 0.05) is 19.2 Å². The second kappa shape index (κ2) is 5.89. The largest absolute Gasteiger partial charge is 0.482 e. The Kier molecular flexibility index (Phi) is 4.23. The second-order valence-corrected chi connectivity index (χ2v) is 3.97. The van der Waals surface area contributed by atoms with Crippen LogP contribution in [-0.4, -0.2) is 37.3 Å². The summed E-state index contributed by atoms with van der Waals surface area (Å²) in [6.07, 6.45) is -0.351. The van der Waals surface area contributed by atoms with E-state index in [4.69, 9.17) is 9.47 Å². The number of nitrogens with one attached hydrogen (secondary N) is 1. The lowest BCUT2D eigenvalue weighted by Crippen LogP contribution is -2.41. The summed E-state index contributed by atoms with van der Waals surface area (Å²) in [6.45, 7) is 1.58.